The van der Waals surface area contributed by atoms with E-state index in [9.17, 15) is 9.18 Å². The minimum Gasteiger partial charge on any atom is -0.371 e. The van der Waals surface area contributed by atoms with Crippen LogP contribution in [-0.2, 0) is 11.2 Å². The number of hydrogen-bond donors (Lipinski definition) is 1. The van der Waals surface area contributed by atoms with Gasteiger partial charge in [-0.3, -0.25) is 4.79 Å². The molecule has 3 nitrogen and oxygen atoms in total. The highest BCUT2D eigenvalue weighted by molar-refractivity contribution is 6.30. The first-order chi connectivity index (χ1) is 12.9. The summed E-state index contributed by atoms with van der Waals surface area (Å²) in [7, 11) is 0. The molecule has 5 heteroatoms. The Balaban J connectivity index is 1.58. The Morgan fingerprint density at radius 1 is 1.30 bits per heavy atom. The Kier molecular flexibility index (Phi) is 6.38. The Bertz CT molecular complexity index is 793. The number of benzene rings is 2. The van der Waals surface area contributed by atoms with Gasteiger partial charge in [-0.25, -0.2) is 4.39 Å². The fraction of sp³-hybridized carbons (Fsp3) is 0.409. The Labute approximate surface area is 165 Å². The van der Waals surface area contributed by atoms with Crippen LogP contribution in [0, 0.1) is 11.7 Å². The standard InChI is InChI=1S/C22H26ClFN2O/c1-15-4-3-11-26(14-15)20-9-6-17(7-10-20)16(2)25-22(27)12-18-5-8-19(23)13-21(18)24/h5-10,13,15-16H,3-4,11-12,14H2,1-2H3,(H,25,27). The van der Waals surface area contributed by atoms with Gasteiger partial charge in [0.05, 0.1) is 12.5 Å². The Morgan fingerprint density at radius 2 is 2.04 bits per heavy atom. The summed E-state index contributed by atoms with van der Waals surface area (Å²) in [5.41, 5.74) is 2.61. The summed E-state index contributed by atoms with van der Waals surface area (Å²) in [4.78, 5) is 14.7. The third kappa shape index (κ3) is 5.23. The fourth-order valence-electron chi connectivity index (χ4n) is 3.61. The predicted molar refractivity (Wildman–Crippen MR) is 109 cm³/mol. The van der Waals surface area contributed by atoms with E-state index < -0.39 is 5.82 Å². The van der Waals surface area contributed by atoms with Crippen LogP contribution in [0.4, 0.5) is 10.1 Å². The zero-order valence-corrected chi connectivity index (χ0v) is 16.6. The van der Waals surface area contributed by atoms with Crippen molar-refractivity contribution in [1.29, 1.82) is 0 Å². The van der Waals surface area contributed by atoms with Crippen molar-refractivity contribution in [2.24, 2.45) is 5.92 Å². The van der Waals surface area contributed by atoms with Crippen molar-refractivity contribution in [3.05, 3.63) is 64.4 Å². The molecule has 3 rings (SSSR count). The van der Waals surface area contributed by atoms with Crippen molar-refractivity contribution in [3.8, 4) is 0 Å². The van der Waals surface area contributed by atoms with E-state index in [0.29, 0.717) is 10.6 Å². The SMILES string of the molecule is CC1CCCN(c2ccc(C(C)NC(=O)Cc3ccc(Cl)cc3F)cc2)C1. The van der Waals surface area contributed by atoms with Gasteiger partial charge < -0.3 is 10.2 Å². The number of rotatable bonds is 5. The highest BCUT2D eigenvalue weighted by atomic mass is 35.5. The number of carbonyl (C=O) groups is 1. The fourth-order valence-corrected chi connectivity index (χ4v) is 3.77. The van der Waals surface area contributed by atoms with E-state index in [2.05, 4.69) is 41.4 Å². The van der Waals surface area contributed by atoms with Crippen molar-refractivity contribution >= 4 is 23.2 Å². The molecular formula is C22H26ClFN2O. The maximum absolute atomic E-state index is 13.9. The average molecular weight is 389 g/mol. The molecule has 144 valence electrons. The number of halogens is 2. The average Bonchev–Trinajstić information content (AvgIpc) is 2.64. The minimum absolute atomic E-state index is 0.00288. The smallest absolute Gasteiger partial charge is 0.225 e. The molecule has 2 aromatic carbocycles. The molecule has 2 aromatic rings. The molecule has 1 amide bonds. The van der Waals surface area contributed by atoms with E-state index in [1.54, 1.807) is 12.1 Å². The third-order valence-corrected chi connectivity index (χ3v) is 5.39. The number of amides is 1. The molecule has 0 spiro atoms. The molecule has 2 atom stereocenters. The molecule has 0 saturated carbocycles. The lowest BCUT2D eigenvalue weighted by Crippen LogP contribution is -2.34. The lowest BCUT2D eigenvalue weighted by atomic mass is 9.99. The Morgan fingerprint density at radius 3 is 2.70 bits per heavy atom. The number of nitrogens with one attached hydrogen (secondary N) is 1. The van der Waals surface area contributed by atoms with E-state index in [0.717, 1.165) is 24.6 Å². The Hall–Kier alpha value is -2.07. The van der Waals surface area contributed by atoms with Crippen LogP contribution in [0.1, 0.15) is 43.9 Å². The summed E-state index contributed by atoms with van der Waals surface area (Å²) < 4.78 is 13.9. The van der Waals surface area contributed by atoms with Crippen molar-refractivity contribution in [2.45, 2.75) is 39.2 Å². The molecule has 1 N–H and O–H groups in total. The normalized spacial score (nSPS) is 18.2. The maximum atomic E-state index is 13.9. The van der Waals surface area contributed by atoms with Crippen molar-refractivity contribution in [2.75, 3.05) is 18.0 Å². The molecule has 1 saturated heterocycles. The zero-order valence-electron chi connectivity index (χ0n) is 15.8. The highest BCUT2D eigenvalue weighted by Gasteiger charge is 2.17. The first-order valence-corrected chi connectivity index (χ1v) is 9.88. The number of hydrogen-bond acceptors (Lipinski definition) is 2. The van der Waals surface area contributed by atoms with Gasteiger partial charge in [-0.1, -0.05) is 36.7 Å². The third-order valence-electron chi connectivity index (χ3n) is 5.16. The van der Waals surface area contributed by atoms with Gasteiger partial charge in [0.1, 0.15) is 5.82 Å². The lowest BCUT2D eigenvalue weighted by molar-refractivity contribution is -0.121. The highest BCUT2D eigenvalue weighted by Crippen LogP contribution is 2.24. The largest absolute Gasteiger partial charge is 0.371 e. The summed E-state index contributed by atoms with van der Waals surface area (Å²) in [6.45, 7) is 6.43. The van der Waals surface area contributed by atoms with Crippen LogP contribution < -0.4 is 10.2 Å². The van der Waals surface area contributed by atoms with Crippen molar-refractivity contribution < 1.29 is 9.18 Å². The molecule has 1 aliphatic rings. The van der Waals surface area contributed by atoms with Crippen molar-refractivity contribution in [1.82, 2.24) is 5.32 Å². The van der Waals surface area contributed by atoms with Crippen LogP contribution >= 0.6 is 11.6 Å². The van der Waals surface area contributed by atoms with E-state index >= 15 is 0 Å². The molecule has 1 aliphatic heterocycles. The van der Waals surface area contributed by atoms with Gasteiger partial charge in [0.2, 0.25) is 5.91 Å². The molecule has 1 fully saturated rings. The predicted octanol–water partition coefficient (Wildman–Crippen LogP) is 5.14. The quantitative estimate of drug-likeness (QED) is 0.769. The zero-order chi connectivity index (χ0) is 19.4. The van der Waals surface area contributed by atoms with Gasteiger partial charge in [-0.05, 0) is 61.1 Å². The molecule has 1 heterocycles. The van der Waals surface area contributed by atoms with Gasteiger partial charge in [0.25, 0.3) is 0 Å². The topological polar surface area (TPSA) is 32.3 Å². The summed E-state index contributed by atoms with van der Waals surface area (Å²) in [6, 6.07) is 12.6. The van der Waals surface area contributed by atoms with Crippen LogP contribution in [0.2, 0.25) is 5.02 Å². The number of piperidine rings is 1. The van der Waals surface area contributed by atoms with Gasteiger partial charge in [0.15, 0.2) is 0 Å². The molecule has 0 radical (unpaired) electrons. The summed E-state index contributed by atoms with van der Waals surface area (Å²) >= 11 is 5.75. The number of nitrogens with zero attached hydrogens (tertiary/aromatic N) is 1. The minimum atomic E-state index is -0.453. The second-order valence-electron chi connectivity index (χ2n) is 7.49. The maximum Gasteiger partial charge on any atom is 0.225 e. The molecule has 0 aliphatic carbocycles. The van der Waals surface area contributed by atoms with Crippen LogP contribution in [0.25, 0.3) is 0 Å². The summed E-state index contributed by atoms with van der Waals surface area (Å²) in [5, 5.41) is 3.27. The van der Waals surface area contributed by atoms with E-state index in [1.165, 1.54) is 24.6 Å². The monoisotopic (exact) mass is 388 g/mol. The van der Waals surface area contributed by atoms with E-state index in [-0.39, 0.29) is 18.4 Å². The van der Waals surface area contributed by atoms with Gasteiger partial charge in [0, 0.05) is 23.8 Å². The van der Waals surface area contributed by atoms with Crippen LogP contribution in [0.3, 0.4) is 0 Å². The molecular weight excluding hydrogens is 363 g/mol. The van der Waals surface area contributed by atoms with E-state index in [4.69, 9.17) is 11.6 Å². The summed E-state index contributed by atoms with van der Waals surface area (Å²) in [6.07, 6.45) is 2.53. The van der Waals surface area contributed by atoms with Gasteiger partial charge in [-0.2, -0.15) is 0 Å². The van der Waals surface area contributed by atoms with Crippen LogP contribution in [-0.4, -0.2) is 19.0 Å². The molecule has 0 aromatic heterocycles. The number of anilines is 1. The second-order valence-corrected chi connectivity index (χ2v) is 7.92. The van der Waals surface area contributed by atoms with E-state index in [1.807, 2.05) is 6.92 Å². The van der Waals surface area contributed by atoms with Gasteiger partial charge >= 0.3 is 0 Å². The van der Waals surface area contributed by atoms with Crippen LogP contribution in [0.5, 0.6) is 0 Å². The van der Waals surface area contributed by atoms with Crippen LogP contribution in [0.15, 0.2) is 42.5 Å². The molecule has 2 unspecified atom stereocenters. The molecule has 27 heavy (non-hydrogen) atoms. The lowest BCUT2D eigenvalue weighted by Gasteiger charge is -2.33. The first kappa shape index (κ1) is 19.7. The number of carbonyl (C=O) groups excluding carboxylic acids is 1. The summed E-state index contributed by atoms with van der Waals surface area (Å²) in [5.74, 6) is 0.0629. The second kappa shape index (κ2) is 8.75. The molecule has 0 bridgehead atoms. The van der Waals surface area contributed by atoms with Gasteiger partial charge in [-0.15, -0.1) is 0 Å². The first-order valence-electron chi connectivity index (χ1n) is 9.50. The van der Waals surface area contributed by atoms with Crippen molar-refractivity contribution in [3.63, 3.8) is 0 Å².